The minimum atomic E-state index is -4.32. The monoisotopic (exact) mass is 240 g/mol. The Bertz CT molecular complexity index is 514. The van der Waals surface area contributed by atoms with Crippen molar-refractivity contribution in [3.8, 4) is 11.3 Å². The molecule has 0 aliphatic carbocycles. The van der Waals surface area contributed by atoms with Crippen molar-refractivity contribution in [2.24, 2.45) is 0 Å². The van der Waals surface area contributed by atoms with Gasteiger partial charge >= 0.3 is 6.18 Å². The maximum atomic E-state index is 12.5. The molecule has 0 atom stereocenters. The summed E-state index contributed by atoms with van der Waals surface area (Å²) in [6.45, 7) is 1.95. The van der Waals surface area contributed by atoms with Crippen molar-refractivity contribution in [2.75, 3.05) is 0 Å². The average Bonchev–Trinajstić information content (AvgIpc) is 2.76. The molecule has 2 nitrogen and oxygen atoms in total. The predicted molar refractivity (Wildman–Crippen MR) is 58.4 cm³/mol. The van der Waals surface area contributed by atoms with Gasteiger partial charge in [-0.15, -0.1) is 0 Å². The number of hydrogen-bond acceptors (Lipinski definition) is 1. The van der Waals surface area contributed by atoms with E-state index in [1.165, 1.54) is 6.07 Å². The Balaban J connectivity index is 2.39. The van der Waals surface area contributed by atoms with Gasteiger partial charge in [0.15, 0.2) is 0 Å². The van der Waals surface area contributed by atoms with Crippen LogP contribution in [0.3, 0.4) is 0 Å². The van der Waals surface area contributed by atoms with E-state index >= 15 is 0 Å². The molecule has 0 aliphatic rings. The van der Waals surface area contributed by atoms with Gasteiger partial charge in [-0.3, -0.25) is 5.10 Å². The third-order valence-electron chi connectivity index (χ3n) is 2.50. The summed E-state index contributed by atoms with van der Waals surface area (Å²) in [5.41, 5.74) is 1.25. The Hall–Kier alpha value is -1.78. The fraction of sp³-hybridized carbons (Fsp3) is 0.250. The Kier molecular flexibility index (Phi) is 2.92. The van der Waals surface area contributed by atoms with Crippen LogP contribution in [0, 0.1) is 0 Å². The Morgan fingerprint density at radius 3 is 2.59 bits per heavy atom. The molecule has 0 fully saturated rings. The first-order valence-electron chi connectivity index (χ1n) is 5.22. The van der Waals surface area contributed by atoms with Crippen LogP contribution in [0.4, 0.5) is 13.2 Å². The number of benzene rings is 1. The fourth-order valence-corrected chi connectivity index (χ4v) is 1.55. The van der Waals surface area contributed by atoms with E-state index in [0.29, 0.717) is 11.3 Å². The van der Waals surface area contributed by atoms with Crippen LogP contribution in [-0.4, -0.2) is 10.2 Å². The molecule has 1 aromatic carbocycles. The summed E-state index contributed by atoms with van der Waals surface area (Å²) in [7, 11) is 0. The van der Waals surface area contributed by atoms with Gasteiger partial charge in [-0.05, 0) is 24.6 Å². The average molecular weight is 240 g/mol. The van der Waals surface area contributed by atoms with Crippen molar-refractivity contribution in [3.63, 3.8) is 0 Å². The highest BCUT2D eigenvalue weighted by Gasteiger charge is 2.30. The number of H-pyrrole nitrogens is 1. The van der Waals surface area contributed by atoms with E-state index in [9.17, 15) is 13.2 Å². The molecule has 0 saturated heterocycles. The molecule has 90 valence electrons. The van der Waals surface area contributed by atoms with Crippen LogP contribution in [0.1, 0.15) is 18.2 Å². The lowest BCUT2D eigenvalue weighted by Gasteiger charge is -2.07. The SMILES string of the molecule is CCc1cc(-c2cccc(C(F)(F)F)c2)n[nH]1. The van der Waals surface area contributed by atoms with Crippen molar-refractivity contribution in [1.29, 1.82) is 0 Å². The Morgan fingerprint density at radius 2 is 2.00 bits per heavy atom. The molecule has 0 aliphatic heterocycles. The van der Waals surface area contributed by atoms with Crippen LogP contribution >= 0.6 is 0 Å². The van der Waals surface area contributed by atoms with E-state index < -0.39 is 11.7 Å². The van der Waals surface area contributed by atoms with Crippen LogP contribution < -0.4 is 0 Å². The number of rotatable bonds is 2. The van der Waals surface area contributed by atoms with Gasteiger partial charge in [0.1, 0.15) is 0 Å². The molecule has 2 aromatic rings. The topological polar surface area (TPSA) is 28.7 Å². The number of aromatic amines is 1. The maximum Gasteiger partial charge on any atom is 0.416 e. The third-order valence-corrected chi connectivity index (χ3v) is 2.50. The van der Waals surface area contributed by atoms with Gasteiger partial charge in [-0.1, -0.05) is 19.1 Å². The van der Waals surface area contributed by atoms with Crippen molar-refractivity contribution in [1.82, 2.24) is 10.2 Å². The minimum Gasteiger partial charge on any atom is -0.282 e. The van der Waals surface area contributed by atoms with Crippen molar-refractivity contribution in [3.05, 3.63) is 41.6 Å². The largest absolute Gasteiger partial charge is 0.416 e. The second-order valence-electron chi connectivity index (χ2n) is 3.71. The van der Waals surface area contributed by atoms with E-state index in [-0.39, 0.29) is 0 Å². The van der Waals surface area contributed by atoms with E-state index in [1.54, 1.807) is 12.1 Å². The minimum absolute atomic E-state index is 0.468. The highest BCUT2D eigenvalue weighted by molar-refractivity contribution is 5.60. The molecule has 0 saturated carbocycles. The second kappa shape index (κ2) is 4.24. The first-order valence-corrected chi connectivity index (χ1v) is 5.22. The number of alkyl halides is 3. The summed E-state index contributed by atoms with van der Waals surface area (Å²) in [5, 5.41) is 6.77. The summed E-state index contributed by atoms with van der Waals surface area (Å²) >= 11 is 0. The predicted octanol–water partition coefficient (Wildman–Crippen LogP) is 3.66. The highest BCUT2D eigenvalue weighted by atomic mass is 19.4. The van der Waals surface area contributed by atoms with Gasteiger partial charge in [0.05, 0.1) is 11.3 Å². The second-order valence-corrected chi connectivity index (χ2v) is 3.71. The van der Waals surface area contributed by atoms with Gasteiger partial charge in [0, 0.05) is 11.3 Å². The quantitative estimate of drug-likeness (QED) is 0.852. The van der Waals surface area contributed by atoms with E-state index in [0.717, 1.165) is 24.2 Å². The van der Waals surface area contributed by atoms with E-state index in [1.807, 2.05) is 6.92 Å². The van der Waals surface area contributed by atoms with Crippen LogP contribution in [0.15, 0.2) is 30.3 Å². The van der Waals surface area contributed by atoms with Crippen molar-refractivity contribution >= 4 is 0 Å². The molecule has 1 N–H and O–H groups in total. The maximum absolute atomic E-state index is 12.5. The molecule has 1 heterocycles. The summed E-state index contributed by atoms with van der Waals surface area (Å²) in [4.78, 5) is 0. The molecule has 1 aromatic heterocycles. The molecule has 0 radical (unpaired) electrons. The van der Waals surface area contributed by atoms with Crippen molar-refractivity contribution in [2.45, 2.75) is 19.5 Å². The Morgan fingerprint density at radius 1 is 1.24 bits per heavy atom. The summed E-state index contributed by atoms with van der Waals surface area (Å²) in [6.07, 6.45) is -3.55. The molecule has 2 rings (SSSR count). The zero-order valence-electron chi connectivity index (χ0n) is 9.17. The van der Waals surface area contributed by atoms with Gasteiger partial charge in [-0.25, -0.2) is 0 Å². The molecular formula is C12H11F3N2. The normalized spacial score (nSPS) is 11.8. The summed E-state index contributed by atoms with van der Waals surface area (Å²) in [6, 6.07) is 6.92. The van der Waals surface area contributed by atoms with Gasteiger partial charge in [-0.2, -0.15) is 18.3 Å². The molecule has 0 amide bonds. The number of hydrogen-bond donors (Lipinski definition) is 1. The van der Waals surface area contributed by atoms with E-state index in [2.05, 4.69) is 10.2 Å². The molecular weight excluding hydrogens is 229 g/mol. The summed E-state index contributed by atoms with van der Waals surface area (Å²) in [5.74, 6) is 0. The molecule has 17 heavy (non-hydrogen) atoms. The third kappa shape index (κ3) is 2.49. The Labute approximate surface area is 96.5 Å². The number of nitrogens with zero attached hydrogens (tertiary/aromatic N) is 1. The van der Waals surface area contributed by atoms with E-state index in [4.69, 9.17) is 0 Å². The number of halogens is 3. The first kappa shape index (κ1) is 11.7. The molecule has 0 bridgehead atoms. The van der Waals surface area contributed by atoms with Crippen LogP contribution in [0.25, 0.3) is 11.3 Å². The summed E-state index contributed by atoms with van der Waals surface area (Å²) < 4.78 is 37.6. The van der Waals surface area contributed by atoms with Crippen LogP contribution in [-0.2, 0) is 12.6 Å². The van der Waals surface area contributed by atoms with Crippen molar-refractivity contribution < 1.29 is 13.2 Å². The number of aryl methyl sites for hydroxylation is 1. The lowest BCUT2D eigenvalue weighted by Crippen LogP contribution is -2.04. The zero-order valence-corrected chi connectivity index (χ0v) is 9.17. The molecule has 0 unspecified atom stereocenters. The smallest absolute Gasteiger partial charge is 0.282 e. The van der Waals surface area contributed by atoms with Crippen LogP contribution in [0.2, 0.25) is 0 Å². The lowest BCUT2D eigenvalue weighted by molar-refractivity contribution is -0.137. The first-order chi connectivity index (χ1) is 8.00. The zero-order chi connectivity index (χ0) is 12.5. The number of aromatic nitrogens is 2. The molecule has 5 heteroatoms. The number of nitrogens with one attached hydrogen (secondary N) is 1. The van der Waals surface area contributed by atoms with Crippen LogP contribution in [0.5, 0.6) is 0 Å². The lowest BCUT2D eigenvalue weighted by atomic mass is 10.1. The highest BCUT2D eigenvalue weighted by Crippen LogP contribution is 2.31. The van der Waals surface area contributed by atoms with Gasteiger partial charge < -0.3 is 0 Å². The fourth-order valence-electron chi connectivity index (χ4n) is 1.55. The molecule has 0 spiro atoms. The van der Waals surface area contributed by atoms with Gasteiger partial charge in [0.25, 0.3) is 0 Å². The van der Waals surface area contributed by atoms with Gasteiger partial charge in [0.2, 0.25) is 0 Å². The standard InChI is InChI=1S/C12H11F3N2/c1-2-10-7-11(17-16-10)8-4-3-5-9(6-8)12(13,14)15/h3-7H,2H2,1H3,(H,16,17).